The van der Waals surface area contributed by atoms with E-state index in [0.29, 0.717) is 31.0 Å². The zero-order valence-corrected chi connectivity index (χ0v) is 17.4. The molecule has 1 N–H and O–H groups in total. The molecule has 31 heavy (non-hydrogen) atoms. The highest BCUT2D eigenvalue weighted by molar-refractivity contribution is 5.98. The van der Waals surface area contributed by atoms with Gasteiger partial charge in [0.25, 0.3) is 5.91 Å². The van der Waals surface area contributed by atoms with Crippen LogP contribution >= 0.6 is 0 Å². The van der Waals surface area contributed by atoms with Gasteiger partial charge in [-0.15, -0.1) is 0 Å². The molecule has 3 aliphatic rings. The van der Waals surface area contributed by atoms with E-state index < -0.39 is 0 Å². The fourth-order valence-electron chi connectivity index (χ4n) is 4.16. The predicted octanol–water partition coefficient (Wildman–Crippen LogP) is 2.48. The van der Waals surface area contributed by atoms with Gasteiger partial charge in [0.15, 0.2) is 0 Å². The van der Waals surface area contributed by atoms with Crippen LogP contribution < -0.4 is 15.0 Å². The fraction of sp³-hybridized carbons (Fsp3) is 0.391. The van der Waals surface area contributed by atoms with Crippen molar-refractivity contribution >= 4 is 18.1 Å². The van der Waals surface area contributed by atoms with Crippen LogP contribution in [-0.2, 0) is 0 Å². The zero-order chi connectivity index (χ0) is 21.0. The average Bonchev–Trinajstić information content (AvgIpc) is 2.99. The van der Waals surface area contributed by atoms with Gasteiger partial charge in [0.1, 0.15) is 18.5 Å². The van der Waals surface area contributed by atoms with Gasteiger partial charge in [0.05, 0.1) is 18.7 Å². The van der Waals surface area contributed by atoms with Crippen LogP contribution in [0.4, 0.5) is 5.95 Å². The first kappa shape index (κ1) is 19.5. The van der Waals surface area contributed by atoms with Crippen LogP contribution in [0.25, 0.3) is 11.1 Å². The molecule has 8 nitrogen and oxygen atoms in total. The summed E-state index contributed by atoms with van der Waals surface area (Å²) in [6, 6.07) is 5.70. The summed E-state index contributed by atoms with van der Waals surface area (Å²) in [7, 11) is 0. The van der Waals surface area contributed by atoms with Crippen LogP contribution in [-0.4, -0.2) is 65.9 Å². The third-order valence-electron chi connectivity index (χ3n) is 5.86. The Morgan fingerprint density at radius 2 is 1.90 bits per heavy atom. The van der Waals surface area contributed by atoms with Crippen molar-refractivity contribution < 1.29 is 9.53 Å². The van der Waals surface area contributed by atoms with Crippen molar-refractivity contribution in [3.05, 3.63) is 48.4 Å². The second kappa shape index (κ2) is 8.75. The average molecular weight is 419 g/mol. The maximum Gasteiger partial charge on any atom is 0.257 e. The number of nitrogens with one attached hydrogen (secondary N) is 1. The number of rotatable bonds is 4. The fourth-order valence-corrected chi connectivity index (χ4v) is 4.16. The molecule has 3 aliphatic heterocycles. The molecule has 1 saturated heterocycles. The number of aliphatic imine (C=N–C) groups is 1. The number of carbonyl (C=O) groups is 1. The van der Waals surface area contributed by atoms with E-state index in [4.69, 9.17) is 4.74 Å². The van der Waals surface area contributed by atoms with E-state index >= 15 is 0 Å². The van der Waals surface area contributed by atoms with E-state index in [9.17, 15) is 4.79 Å². The van der Waals surface area contributed by atoms with Gasteiger partial charge in [-0.3, -0.25) is 9.79 Å². The predicted molar refractivity (Wildman–Crippen MR) is 119 cm³/mol. The largest absolute Gasteiger partial charge is 0.491 e. The highest BCUT2D eigenvalue weighted by Crippen LogP contribution is 2.29. The Labute approximate surface area is 181 Å². The minimum absolute atomic E-state index is 0.0493. The number of carbonyl (C=O) groups excluding carboxylic acids is 1. The van der Waals surface area contributed by atoms with Crippen molar-refractivity contribution in [2.24, 2.45) is 4.99 Å². The lowest BCUT2D eigenvalue weighted by Gasteiger charge is -2.26. The summed E-state index contributed by atoms with van der Waals surface area (Å²) in [5.74, 6) is 1.34. The highest BCUT2D eigenvalue weighted by Gasteiger charge is 2.26. The Morgan fingerprint density at radius 1 is 1.06 bits per heavy atom. The Hall–Kier alpha value is -3.42. The topological polar surface area (TPSA) is 83.0 Å². The van der Waals surface area contributed by atoms with Gasteiger partial charge in [-0.05, 0) is 49.2 Å². The zero-order valence-electron chi connectivity index (χ0n) is 17.4. The van der Waals surface area contributed by atoms with E-state index in [-0.39, 0.29) is 12.1 Å². The third-order valence-corrected chi connectivity index (χ3v) is 5.86. The van der Waals surface area contributed by atoms with Gasteiger partial charge in [0, 0.05) is 37.3 Å². The van der Waals surface area contributed by atoms with Gasteiger partial charge in [-0.25, -0.2) is 9.97 Å². The van der Waals surface area contributed by atoms with Crippen molar-refractivity contribution in [2.45, 2.75) is 25.4 Å². The Balaban J connectivity index is 1.36. The van der Waals surface area contributed by atoms with Crippen LogP contribution in [0.5, 0.6) is 5.75 Å². The molecule has 0 saturated carbocycles. The Morgan fingerprint density at radius 3 is 2.68 bits per heavy atom. The summed E-state index contributed by atoms with van der Waals surface area (Å²) in [6.07, 6.45) is 12.6. The molecular formula is C23H26N6O2. The first-order chi connectivity index (χ1) is 15.3. The standard InChI is InChI=1S/C23H26N6O2/c30-22-19-13-17(18-14-26-23(27-15-18)28-9-2-1-3-10-28)5-6-20(19)31-12-11-29(22)16-21-24-7-4-8-25-21/h4-8,13-15,21,24H,1-3,9-12,16H2. The first-order valence-electron chi connectivity index (χ1n) is 10.9. The Kier molecular flexibility index (Phi) is 5.52. The molecule has 1 aromatic heterocycles. The maximum atomic E-state index is 13.3. The van der Waals surface area contributed by atoms with Gasteiger partial charge in [0.2, 0.25) is 5.95 Å². The highest BCUT2D eigenvalue weighted by atomic mass is 16.5. The number of aromatic nitrogens is 2. The third kappa shape index (κ3) is 4.23. The van der Waals surface area contributed by atoms with Crippen LogP contribution in [0, 0.1) is 0 Å². The summed E-state index contributed by atoms with van der Waals surface area (Å²) >= 11 is 0. The lowest BCUT2D eigenvalue weighted by atomic mass is 10.0. The molecule has 2 aromatic rings. The number of hydrogen-bond donors (Lipinski definition) is 1. The molecule has 1 atom stereocenters. The summed E-state index contributed by atoms with van der Waals surface area (Å²) in [6.45, 7) is 3.48. The molecule has 0 radical (unpaired) electrons. The summed E-state index contributed by atoms with van der Waals surface area (Å²) < 4.78 is 5.85. The number of anilines is 1. The van der Waals surface area contributed by atoms with Crippen LogP contribution in [0.1, 0.15) is 29.6 Å². The van der Waals surface area contributed by atoms with Gasteiger partial charge in [-0.2, -0.15) is 0 Å². The quantitative estimate of drug-likeness (QED) is 0.821. The van der Waals surface area contributed by atoms with Crippen molar-refractivity contribution in [1.29, 1.82) is 0 Å². The molecule has 5 rings (SSSR count). The molecule has 0 spiro atoms. The maximum absolute atomic E-state index is 13.3. The molecule has 160 valence electrons. The molecule has 0 bridgehead atoms. The molecule has 4 heterocycles. The number of nitrogens with zero attached hydrogens (tertiary/aromatic N) is 5. The second-order valence-electron chi connectivity index (χ2n) is 7.97. The van der Waals surface area contributed by atoms with E-state index in [1.807, 2.05) is 42.9 Å². The number of fused-ring (bicyclic) bond motifs is 1. The van der Waals surface area contributed by atoms with E-state index in [2.05, 4.69) is 25.2 Å². The number of allylic oxidation sites excluding steroid dienone is 1. The van der Waals surface area contributed by atoms with Crippen LogP contribution in [0.3, 0.4) is 0 Å². The molecule has 1 amide bonds. The molecular weight excluding hydrogens is 392 g/mol. The van der Waals surface area contributed by atoms with Gasteiger partial charge < -0.3 is 19.9 Å². The molecule has 8 heteroatoms. The van der Waals surface area contributed by atoms with Crippen molar-refractivity contribution in [2.75, 3.05) is 37.7 Å². The SMILES string of the molecule is O=C1c2cc(-c3cnc(N4CCCCC4)nc3)ccc2OCCN1CC1N=CC=CN1. The minimum Gasteiger partial charge on any atom is -0.491 e. The lowest BCUT2D eigenvalue weighted by Crippen LogP contribution is -2.42. The van der Waals surface area contributed by atoms with Crippen molar-refractivity contribution in [3.8, 4) is 16.9 Å². The van der Waals surface area contributed by atoms with Crippen LogP contribution in [0.2, 0.25) is 0 Å². The molecule has 1 aromatic carbocycles. The summed E-state index contributed by atoms with van der Waals surface area (Å²) in [4.78, 5) is 30.8. The number of piperidine rings is 1. The molecule has 1 fully saturated rings. The number of benzene rings is 1. The minimum atomic E-state index is -0.144. The van der Waals surface area contributed by atoms with E-state index in [0.717, 1.165) is 30.2 Å². The Bertz CT molecular complexity index is 998. The smallest absolute Gasteiger partial charge is 0.257 e. The normalized spacial score (nSPS) is 20.6. The van der Waals surface area contributed by atoms with Crippen molar-refractivity contribution in [3.63, 3.8) is 0 Å². The van der Waals surface area contributed by atoms with Gasteiger partial charge in [-0.1, -0.05) is 6.07 Å². The number of amides is 1. The molecule has 1 unspecified atom stereocenters. The number of hydrogen-bond acceptors (Lipinski definition) is 7. The van der Waals surface area contributed by atoms with E-state index in [1.54, 1.807) is 11.1 Å². The second-order valence-corrected chi connectivity index (χ2v) is 7.97. The van der Waals surface area contributed by atoms with Crippen molar-refractivity contribution in [1.82, 2.24) is 20.2 Å². The lowest BCUT2D eigenvalue weighted by molar-refractivity contribution is 0.0742. The molecule has 0 aliphatic carbocycles. The summed E-state index contributed by atoms with van der Waals surface area (Å²) in [5.41, 5.74) is 2.35. The summed E-state index contributed by atoms with van der Waals surface area (Å²) in [5, 5.41) is 3.17. The van der Waals surface area contributed by atoms with Gasteiger partial charge >= 0.3 is 0 Å². The number of ether oxygens (including phenoxy) is 1. The monoisotopic (exact) mass is 418 g/mol. The van der Waals surface area contributed by atoms with Crippen LogP contribution in [0.15, 0.2) is 47.9 Å². The first-order valence-corrected chi connectivity index (χ1v) is 10.9. The van der Waals surface area contributed by atoms with E-state index in [1.165, 1.54) is 19.3 Å².